The molecule has 0 spiro atoms. The van der Waals surface area contributed by atoms with Crippen LogP contribution in [0.2, 0.25) is 0 Å². The minimum Gasteiger partial charge on any atom is -0.492 e. The maximum Gasteiger partial charge on any atom is 0.251 e. The van der Waals surface area contributed by atoms with E-state index in [-0.39, 0.29) is 10.8 Å². The van der Waals surface area contributed by atoms with E-state index < -0.39 is 10.0 Å². The van der Waals surface area contributed by atoms with E-state index >= 15 is 0 Å². The number of sulfonamides is 1. The van der Waals surface area contributed by atoms with Crippen LogP contribution in [0.4, 0.5) is 0 Å². The van der Waals surface area contributed by atoms with Crippen LogP contribution in [0.25, 0.3) is 10.8 Å². The summed E-state index contributed by atoms with van der Waals surface area (Å²) in [5.74, 6) is 0.437. The molecule has 1 fully saturated rings. The fourth-order valence-corrected chi connectivity index (χ4v) is 5.67. The first-order valence-electron chi connectivity index (χ1n) is 11.5. The molecule has 1 aliphatic rings. The molecule has 1 aliphatic heterocycles. The van der Waals surface area contributed by atoms with Gasteiger partial charge >= 0.3 is 0 Å². The number of carbonyl (C=O) groups is 1. The number of carbonyl (C=O) groups excluding carboxylic acids is 1. The molecule has 174 valence electrons. The molecule has 0 saturated carbocycles. The molecule has 0 unspecified atom stereocenters. The Kier molecular flexibility index (Phi) is 7.30. The van der Waals surface area contributed by atoms with Crippen LogP contribution in [0, 0.1) is 6.92 Å². The summed E-state index contributed by atoms with van der Waals surface area (Å²) in [6.45, 7) is 3.50. The average molecular weight is 467 g/mol. The first kappa shape index (κ1) is 23.3. The third-order valence-electron chi connectivity index (χ3n) is 6.03. The molecule has 7 heteroatoms. The van der Waals surface area contributed by atoms with E-state index in [1.54, 1.807) is 16.4 Å². The topological polar surface area (TPSA) is 75.7 Å². The largest absolute Gasteiger partial charge is 0.492 e. The molecular weight excluding hydrogens is 436 g/mol. The smallest absolute Gasteiger partial charge is 0.251 e. The number of fused-ring (bicyclic) bond motifs is 1. The number of benzene rings is 3. The Morgan fingerprint density at radius 1 is 0.939 bits per heavy atom. The van der Waals surface area contributed by atoms with Crippen molar-refractivity contribution in [3.63, 3.8) is 0 Å². The zero-order valence-corrected chi connectivity index (χ0v) is 19.7. The van der Waals surface area contributed by atoms with Gasteiger partial charge < -0.3 is 10.1 Å². The van der Waals surface area contributed by atoms with Crippen LogP contribution in [-0.4, -0.2) is 44.9 Å². The molecule has 0 bridgehead atoms. The van der Waals surface area contributed by atoms with Crippen LogP contribution in [0.15, 0.2) is 65.6 Å². The van der Waals surface area contributed by atoms with Gasteiger partial charge in [-0.25, -0.2) is 8.42 Å². The summed E-state index contributed by atoms with van der Waals surface area (Å²) >= 11 is 0. The summed E-state index contributed by atoms with van der Waals surface area (Å²) in [5, 5.41) is 5.08. The zero-order chi connectivity index (χ0) is 23.3. The van der Waals surface area contributed by atoms with E-state index in [2.05, 4.69) is 5.32 Å². The van der Waals surface area contributed by atoms with Gasteiger partial charge in [-0.15, -0.1) is 0 Å². The molecule has 0 radical (unpaired) electrons. The number of nitrogens with zero attached hydrogens (tertiary/aromatic N) is 1. The number of hydrogen-bond acceptors (Lipinski definition) is 4. The van der Waals surface area contributed by atoms with Gasteiger partial charge in [0.05, 0.1) is 11.4 Å². The number of aryl methyl sites for hydroxylation is 1. The quantitative estimate of drug-likeness (QED) is 0.520. The van der Waals surface area contributed by atoms with Gasteiger partial charge in [-0.3, -0.25) is 4.79 Å². The fourth-order valence-electron chi connectivity index (χ4n) is 4.12. The van der Waals surface area contributed by atoms with E-state index in [4.69, 9.17) is 4.74 Å². The number of ether oxygens (including phenoxy) is 1. The number of rotatable bonds is 7. The highest BCUT2D eigenvalue weighted by Gasteiger charge is 2.26. The fraction of sp³-hybridized carbons (Fsp3) is 0.346. The first-order valence-corrected chi connectivity index (χ1v) is 12.9. The number of amides is 1. The SMILES string of the molecule is Cc1ccc(S(=O)(=O)N2CCCCCC2)cc1C(=O)NCCOc1ccc2ccccc2c1. The van der Waals surface area contributed by atoms with E-state index in [1.165, 1.54) is 6.07 Å². The molecule has 0 aromatic heterocycles. The normalized spacial score (nSPS) is 15.2. The Morgan fingerprint density at radius 2 is 1.67 bits per heavy atom. The molecule has 6 nitrogen and oxygen atoms in total. The van der Waals surface area contributed by atoms with Gasteiger partial charge in [-0.1, -0.05) is 49.2 Å². The van der Waals surface area contributed by atoms with Crippen LogP contribution >= 0.6 is 0 Å². The molecule has 1 heterocycles. The highest BCUT2D eigenvalue weighted by molar-refractivity contribution is 7.89. The van der Waals surface area contributed by atoms with Crippen molar-refractivity contribution >= 4 is 26.7 Å². The minimum atomic E-state index is -3.61. The van der Waals surface area contributed by atoms with Crippen molar-refractivity contribution in [1.29, 1.82) is 0 Å². The first-order chi connectivity index (χ1) is 15.9. The van der Waals surface area contributed by atoms with Gasteiger partial charge in [-0.2, -0.15) is 4.31 Å². The Bertz CT molecular complexity index is 1230. The summed E-state index contributed by atoms with van der Waals surface area (Å²) in [7, 11) is -3.61. The predicted octanol–water partition coefficient (Wildman–Crippen LogP) is 4.52. The summed E-state index contributed by atoms with van der Waals surface area (Å²) in [5.41, 5.74) is 1.11. The second-order valence-corrected chi connectivity index (χ2v) is 10.3. The minimum absolute atomic E-state index is 0.174. The molecule has 1 N–H and O–H groups in total. The lowest BCUT2D eigenvalue weighted by atomic mass is 10.1. The summed E-state index contributed by atoms with van der Waals surface area (Å²) < 4.78 is 33.5. The van der Waals surface area contributed by atoms with Crippen LogP contribution in [0.5, 0.6) is 5.75 Å². The van der Waals surface area contributed by atoms with Crippen molar-refractivity contribution in [2.24, 2.45) is 0 Å². The lowest BCUT2D eigenvalue weighted by Gasteiger charge is -2.20. The second kappa shape index (κ2) is 10.4. The predicted molar refractivity (Wildman–Crippen MR) is 130 cm³/mol. The van der Waals surface area contributed by atoms with Crippen molar-refractivity contribution in [3.8, 4) is 5.75 Å². The molecule has 0 aliphatic carbocycles. The van der Waals surface area contributed by atoms with Gasteiger partial charge in [0.2, 0.25) is 10.0 Å². The highest BCUT2D eigenvalue weighted by Crippen LogP contribution is 2.23. The van der Waals surface area contributed by atoms with Crippen molar-refractivity contribution < 1.29 is 17.9 Å². The van der Waals surface area contributed by atoms with Crippen molar-refractivity contribution in [2.75, 3.05) is 26.2 Å². The maximum atomic E-state index is 13.1. The summed E-state index contributed by atoms with van der Waals surface area (Å²) in [6.07, 6.45) is 3.84. The lowest BCUT2D eigenvalue weighted by molar-refractivity contribution is 0.0946. The highest BCUT2D eigenvalue weighted by atomic mass is 32.2. The third kappa shape index (κ3) is 5.54. The Balaban J connectivity index is 1.38. The van der Waals surface area contributed by atoms with E-state index in [0.717, 1.165) is 47.8 Å². The van der Waals surface area contributed by atoms with E-state index in [1.807, 2.05) is 49.4 Å². The molecule has 3 aromatic rings. The monoisotopic (exact) mass is 466 g/mol. The van der Waals surface area contributed by atoms with Crippen molar-refractivity contribution in [1.82, 2.24) is 9.62 Å². The van der Waals surface area contributed by atoms with Crippen LogP contribution in [0.1, 0.15) is 41.6 Å². The Hall–Kier alpha value is -2.90. The lowest BCUT2D eigenvalue weighted by Crippen LogP contribution is -2.32. The molecular formula is C26H30N2O4S. The van der Waals surface area contributed by atoms with Gasteiger partial charge in [0.15, 0.2) is 0 Å². The molecule has 33 heavy (non-hydrogen) atoms. The van der Waals surface area contributed by atoms with E-state index in [0.29, 0.717) is 31.8 Å². The summed E-state index contributed by atoms with van der Waals surface area (Å²) in [4.78, 5) is 13.0. The molecule has 1 amide bonds. The van der Waals surface area contributed by atoms with Gasteiger partial charge in [0.1, 0.15) is 12.4 Å². The molecule has 0 atom stereocenters. The van der Waals surface area contributed by atoms with E-state index in [9.17, 15) is 13.2 Å². The van der Waals surface area contributed by atoms with Gasteiger partial charge in [0.25, 0.3) is 5.91 Å². The maximum absolute atomic E-state index is 13.1. The Labute approximate surface area is 195 Å². The van der Waals surface area contributed by atoms with Gasteiger partial charge in [-0.05, 0) is 60.4 Å². The average Bonchev–Trinajstić information content (AvgIpc) is 3.12. The summed E-state index contributed by atoms with van der Waals surface area (Å²) in [6, 6.07) is 18.7. The Morgan fingerprint density at radius 3 is 2.42 bits per heavy atom. The van der Waals surface area contributed by atoms with Crippen molar-refractivity contribution in [2.45, 2.75) is 37.5 Å². The van der Waals surface area contributed by atoms with Crippen molar-refractivity contribution in [3.05, 3.63) is 71.8 Å². The molecule has 1 saturated heterocycles. The zero-order valence-electron chi connectivity index (χ0n) is 18.9. The van der Waals surface area contributed by atoms with Crippen LogP contribution in [0.3, 0.4) is 0 Å². The second-order valence-electron chi connectivity index (χ2n) is 8.41. The molecule has 4 rings (SSSR count). The standard InChI is InChI=1S/C26H30N2O4S/c1-20-10-13-24(33(30,31)28-15-6-2-3-7-16-28)19-25(20)26(29)27-14-17-32-23-12-11-21-8-4-5-9-22(21)18-23/h4-5,8-13,18-19H,2-3,6-7,14-17H2,1H3,(H,27,29). The molecule has 3 aromatic carbocycles. The van der Waals surface area contributed by atoms with Crippen LogP contribution < -0.4 is 10.1 Å². The van der Waals surface area contributed by atoms with Gasteiger partial charge in [0, 0.05) is 18.7 Å². The van der Waals surface area contributed by atoms with Crippen LogP contribution in [-0.2, 0) is 10.0 Å². The third-order valence-corrected chi connectivity index (χ3v) is 7.93. The number of nitrogens with one attached hydrogen (secondary N) is 1. The number of hydrogen-bond donors (Lipinski definition) is 1.